The van der Waals surface area contributed by atoms with E-state index in [9.17, 15) is 14.4 Å². The van der Waals surface area contributed by atoms with Gasteiger partial charge in [0.1, 0.15) is 12.6 Å². The molecule has 0 heterocycles. The summed E-state index contributed by atoms with van der Waals surface area (Å²) in [6, 6.07) is 0. The Kier molecular flexibility index (Phi) is 2.57. The molecule has 0 aromatic heterocycles. The van der Waals surface area contributed by atoms with Crippen LogP contribution in [0, 0.1) is 28.1 Å². The van der Waals surface area contributed by atoms with Crippen LogP contribution in [0.2, 0.25) is 0 Å². The average molecular weight is 276 g/mol. The van der Waals surface area contributed by atoms with Crippen molar-refractivity contribution in [1.29, 1.82) is 0 Å². The minimum Gasteiger partial charge on any atom is -0.469 e. The second-order valence-electron chi connectivity index (χ2n) is 7.31. The van der Waals surface area contributed by atoms with Crippen LogP contribution in [0.25, 0.3) is 0 Å². The quantitative estimate of drug-likeness (QED) is 0.583. The first-order chi connectivity index (χ1) is 9.37. The van der Waals surface area contributed by atoms with E-state index in [1.54, 1.807) is 0 Å². The van der Waals surface area contributed by atoms with Gasteiger partial charge in [0.25, 0.3) is 0 Å². The molecule has 0 saturated heterocycles. The largest absolute Gasteiger partial charge is 0.469 e. The first-order valence-electron chi connectivity index (χ1n) is 7.09. The molecule has 0 N–H and O–H groups in total. The van der Waals surface area contributed by atoms with Crippen LogP contribution in [-0.2, 0) is 19.1 Å². The van der Waals surface area contributed by atoms with E-state index in [1.165, 1.54) is 7.11 Å². The molecule has 4 heteroatoms. The molecule has 0 aromatic rings. The molecule has 108 valence electrons. The van der Waals surface area contributed by atoms with Gasteiger partial charge in [0.15, 0.2) is 0 Å². The van der Waals surface area contributed by atoms with Crippen LogP contribution in [0.5, 0.6) is 0 Å². The lowest BCUT2D eigenvalue weighted by Crippen LogP contribution is -2.39. The first kappa shape index (κ1) is 13.5. The Morgan fingerprint density at radius 1 is 1.35 bits per heavy atom. The van der Waals surface area contributed by atoms with E-state index in [-0.39, 0.29) is 23.2 Å². The van der Waals surface area contributed by atoms with Crippen LogP contribution in [0.4, 0.5) is 0 Å². The minimum atomic E-state index is -0.927. The lowest BCUT2D eigenvalue weighted by atomic mass is 9.69. The normalized spacial score (nSPS) is 43.9. The van der Waals surface area contributed by atoms with Crippen molar-refractivity contribution in [1.82, 2.24) is 0 Å². The summed E-state index contributed by atoms with van der Waals surface area (Å²) in [6.07, 6.45) is 5.76. The van der Waals surface area contributed by atoms with Crippen LogP contribution < -0.4 is 0 Å². The fourth-order valence-corrected chi connectivity index (χ4v) is 4.87. The molecule has 4 atom stereocenters. The predicted octanol–water partition coefficient (Wildman–Crippen LogP) is 1.93. The van der Waals surface area contributed by atoms with E-state index in [4.69, 9.17) is 4.74 Å². The van der Waals surface area contributed by atoms with Crippen molar-refractivity contribution in [3.05, 3.63) is 11.6 Å². The van der Waals surface area contributed by atoms with Crippen LogP contribution in [0.1, 0.15) is 33.1 Å². The SMILES string of the molecule is COC(=O)[C@@]12C[C@]1(C=O)C(C=O)=C[C@H]1CC(C)(C)C[C@H]12. The van der Waals surface area contributed by atoms with Crippen molar-refractivity contribution in [2.24, 2.45) is 28.1 Å². The number of methoxy groups -OCH3 is 1. The number of ether oxygens (including phenoxy) is 1. The van der Waals surface area contributed by atoms with Crippen LogP contribution >= 0.6 is 0 Å². The number of rotatable bonds is 3. The van der Waals surface area contributed by atoms with Crippen molar-refractivity contribution in [2.75, 3.05) is 7.11 Å². The second kappa shape index (κ2) is 3.80. The smallest absolute Gasteiger partial charge is 0.313 e. The molecule has 0 aromatic carbocycles. The molecular formula is C16H20O4. The fourth-order valence-electron chi connectivity index (χ4n) is 4.87. The van der Waals surface area contributed by atoms with E-state index in [0.29, 0.717) is 12.0 Å². The standard InChI is InChI=1S/C16H20O4/c1-14(2)5-10-4-11(7-17)15(9-18)8-16(15,12(10)6-14)13(19)20-3/h4,7,9-10,12H,5-6,8H2,1-3H3/t10-,12+,15-,16-/m0/s1. The third-order valence-corrected chi connectivity index (χ3v) is 5.73. The molecule has 3 aliphatic carbocycles. The number of allylic oxidation sites excluding steroid dienone is 2. The Morgan fingerprint density at radius 2 is 2.05 bits per heavy atom. The summed E-state index contributed by atoms with van der Waals surface area (Å²) in [5.41, 5.74) is -1.12. The topological polar surface area (TPSA) is 60.4 Å². The third-order valence-electron chi connectivity index (χ3n) is 5.73. The maximum atomic E-state index is 12.4. The first-order valence-corrected chi connectivity index (χ1v) is 7.09. The maximum absolute atomic E-state index is 12.4. The molecule has 0 amide bonds. The molecule has 3 aliphatic rings. The highest BCUT2D eigenvalue weighted by atomic mass is 16.5. The predicted molar refractivity (Wildman–Crippen MR) is 71.7 cm³/mol. The van der Waals surface area contributed by atoms with E-state index in [0.717, 1.165) is 25.4 Å². The summed E-state index contributed by atoms with van der Waals surface area (Å²) in [7, 11) is 1.36. The van der Waals surface area contributed by atoms with Gasteiger partial charge in [0, 0.05) is 5.57 Å². The van der Waals surface area contributed by atoms with Gasteiger partial charge in [-0.15, -0.1) is 0 Å². The van der Waals surface area contributed by atoms with E-state index in [1.807, 2.05) is 6.08 Å². The summed E-state index contributed by atoms with van der Waals surface area (Å²) in [6.45, 7) is 4.35. The Labute approximate surface area is 118 Å². The monoisotopic (exact) mass is 276 g/mol. The Morgan fingerprint density at radius 3 is 2.60 bits per heavy atom. The van der Waals surface area contributed by atoms with Gasteiger partial charge in [-0.25, -0.2) is 0 Å². The molecule has 0 bridgehead atoms. The van der Waals surface area contributed by atoms with Gasteiger partial charge in [-0.3, -0.25) is 9.59 Å². The lowest BCUT2D eigenvalue weighted by molar-refractivity contribution is -0.153. The number of fused-ring (bicyclic) bond motifs is 3. The number of esters is 1. The number of hydrogen-bond acceptors (Lipinski definition) is 4. The van der Waals surface area contributed by atoms with Gasteiger partial charge in [-0.2, -0.15) is 0 Å². The number of carbonyl (C=O) groups is 3. The molecule has 2 fully saturated rings. The van der Waals surface area contributed by atoms with E-state index >= 15 is 0 Å². The number of aldehydes is 2. The van der Waals surface area contributed by atoms with Gasteiger partial charge in [0.2, 0.25) is 0 Å². The zero-order chi connectivity index (χ0) is 14.8. The van der Waals surface area contributed by atoms with Gasteiger partial charge in [0.05, 0.1) is 17.9 Å². The molecule has 0 spiro atoms. The van der Waals surface area contributed by atoms with Crippen molar-refractivity contribution in [3.8, 4) is 0 Å². The molecule has 4 nitrogen and oxygen atoms in total. The molecule has 0 radical (unpaired) electrons. The summed E-state index contributed by atoms with van der Waals surface area (Å²) in [5, 5.41) is 0. The molecular weight excluding hydrogens is 256 g/mol. The Balaban J connectivity index is 2.14. The van der Waals surface area contributed by atoms with Crippen molar-refractivity contribution >= 4 is 18.5 Å². The van der Waals surface area contributed by atoms with Crippen molar-refractivity contribution in [2.45, 2.75) is 33.1 Å². The fraction of sp³-hybridized carbons (Fsp3) is 0.688. The van der Waals surface area contributed by atoms with Crippen LogP contribution in [0.15, 0.2) is 11.6 Å². The maximum Gasteiger partial charge on any atom is 0.313 e. The van der Waals surface area contributed by atoms with Gasteiger partial charge < -0.3 is 9.53 Å². The molecule has 0 aliphatic heterocycles. The van der Waals surface area contributed by atoms with Crippen LogP contribution in [-0.4, -0.2) is 25.7 Å². The summed E-state index contributed by atoms with van der Waals surface area (Å²) in [4.78, 5) is 35.4. The third kappa shape index (κ3) is 1.34. The number of carbonyl (C=O) groups excluding carboxylic acids is 3. The molecule has 3 rings (SSSR count). The van der Waals surface area contributed by atoms with Crippen molar-refractivity contribution < 1.29 is 19.1 Å². The van der Waals surface area contributed by atoms with Crippen LogP contribution in [0.3, 0.4) is 0 Å². The zero-order valence-electron chi connectivity index (χ0n) is 12.1. The van der Waals surface area contributed by atoms with Gasteiger partial charge in [-0.05, 0) is 36.5 Å². The summed E-state index contributed by atoms with van der Waals surface area (Å²) in [5.74, 6) is -0.0246. The van der Waals surface area contributed by atoms with Gasteiger partial charge in [-0.1, -0.05) is 19.9 Å². The van der Waals surface area contributed by atoms with E-state index < -0.39 is 10.8 Å². The summed E-state index contributed by atoms with van der Waals surface area (Å²) < 4.78 is 4.99. The highest BCUT2D eigenvalue weighted by Crippen LogP contribution is 2.77. The molecule has 2 saturated carbocycles. The summed E-state index contributed by atoms with van der Waals surface area (Å²) >= 11 is 0. The highest BCUT2D eigenvalue weighted by Gasteiger charge is 2.80. The molecule has 20 heavy (non-hydrogen) atoms. The van der Waals surface area contributed by atoms with Crippen molar-refractivity contribution in [3.63, 3.8) is 0 Å². The zero-order valence-corrected chi connectivity index (χ0v) is 12.1. The second-order valence-corrected chi connectivity index (χ2v) is 7.31. The average Bonchev–Trinajstić information content (AvgIpc) is 3.03. The molecule has 0 unspecified atom stereocenters. The Hall–Kier alpha value is -1.45. The number of hydrogen-bond donors (Lipinski definition) is 0. The van der Waals surface area contributed by atoms with Gasteiger partial charge >= 0.3 is 5.97 Å². The Bertz CT molecular complexity index is 533. The highest BCUT2D eigenvalue weighted by molar-refractivity contribution is 5.99. The lowest BCUT2D eigenvalue weighted by Gasteiger charge is -2.33. The van der Waals surface area contributed by atoms with E-state index in [2.05, 4.69) is 13.8 Å². The minimum absolute atomic E-state index is 0.110.